The van der Waals surface area contributed by atoms with Crippen molar-refractivity contribution in [2.75, 3.05) is 6.54 Å². The highest BCUT2D eigenvalue weighted by atomic mass is 32.2. The van der Waals surface area contributed by atoms with Crippen LogP contribution in [0.1, 0.15) is 68.6 Å². The summed E-state index contributed by atoms with van der Waals surface area (Å²) in [5.41, 5.74) is -0.396. The van der Waals surface area contributed by atoms with E-state index in [-0.39, 0.29) is 0 Å². The summed E-state index contributed by atoms with van der Waals surface area (Å²) in [7, 11) is -4.59. The fourth-order valence-corrected chi connectivity index (χ4v) is 3.00. The lowest BCUT2D eigenvalue weighted by molar-refractivity contribution is 0.0949. The van der Waals surface area contributed by atoms with Crippen LogP contribution in [0.25, 0.3) is 0 Å². The van der Waals surface area contributed by atoms with Crippen LogP contribution in [0.2, 0.25) is 0 Å². The summed E-state index contributed by atoms with van der Waals surface area (Å²) >= 11 is 0. The number of rotatable bonds is 11. The van der Waals surface area contributed by atoms with Gasteiger partial charge in [-0.05, 0) is 12.5 Å². The Morgan fingerprint density at radius 2 is 1.56 bits per heavy atom. The van der Waals surface area contributed by atoms with Gasteiger partial charge in [0.2, 0.25) is 0 Å². The molecule has 1 aromatic rings. The van der Waals surface area contributed by atoms with Crippen molar-refractivity contribution in [1.82, 2.24) is 5.32 Å². The van der Waals surface area contributed by atoms with E-state index in [2.05, 4.69) is 12.2 Å². The average molecular weight is 373 g/mol. The second-order valence-electron chi connectivity index (χ2n) is 6.04. The minimum absolute atomic E-state index is 0.379. The van der Waals surface area contributed by atoms with E-state index < -0.39 is 38.0 Å². The van der Waals surface area contributed by atoms with E-state index >= 15 is 0 Å². The summed E-state index contributed by atoms with van der Waals surface area (Å²) in [5, 5.41) is 21.8. The SMILES string of the molecule is CCCCCCCCCCNC(=O)c1cc(S(=O)(=O)O)cc(O)c1O. The quantitative estimate of drug-likeness (QED) is 0.268. The monoisotopic (exact) mass is 373 g/mol. The second kappa shape index (κ2) is 10.2. The summed E-state index contributed by atoms with van der Waals surface area (Å²) in [6, 6.07) is 1.51. The molecule has 8 heteroatoms. The van der Waals surface area contributed by atoms with E-state index in [1.54, 1.807) is 0 Å². The van der Waals surface area contributed by atoms with Gasteiger partial charge >= 0.3 is 0 Å². The van der Waals surface area contributed by atoms with E-state index in [1.807, 2.05) is 0 Å². The van der Waals surface area contributed by atoms with Crippen molar-refractivity contribution in [3.05, 3.63) is 17.7 Å². The van der Waals surface area contributed by atoms with Crippen molar-refractivity contribution in [2.24, 2.45) is 0 Å². The Hall–Kier alpha value is -1.80. The first-order chi connectivity index (χ1) is 11.8. The number of phenols is 2. The van der Waals surface area contributed by atoms with Crippen LogP contribution in [0, 0.1) is 0 Å². The van der Waals surface area contributed by atoms with Crippen molar-refractivity contribution in [1.29, 1.82) is 0 Å². The number of phenolic OH excluding ortho intramolecular Hbond substituents is 2. The van der Waals surface area contributed by atoms with Gasteiger partial charge in [-0.15, -0.1) is 0 Å². The summed E-state index contributed by atoms with van der Waals surface area (Å²) in [5.74, 6) is -2.21. The first-order valence-corrected chi connectivity index (χ1v) is 10.0. The molecule has 0 heterocycles. The molecule has 0 fully saturated rings. The maximum atomic E-state index is 12.0. The number of benzene rings is 1. The molecule has 25 heavy (non-hydrogen) atoms. The van der Waals surface area contributed by atoms with Gasteiger partial charge in [-0.1, -0.05) is 51.9 Å². The fourth-order valence-electron chi connectivity index (χ4n) is 2.47. The molecule has 0 aliphatic carbocycles. The van der Waals surface area contributed by atoms with E-state index in [0.717, 1.165) is 25.3 Å². The normalized spacial score (nSPS) is 11.4. The number of unbranched alkanes of at least 4 members (excludes halogenated alkanes) is 7. The van der Waals surface area contributed by atoms with Gasteiger partial charge in [-0.3, -0.25) is 9.35 Å². The first-order valence-electron chi connectivity index (χ1n) is 8.59. The molecule has 142 valence electrons. The molecule has 1 rings (SSSR count). The predicted octanol–water partition coefficient (Wildman–Crippen LogP) is 3.22. The molecule has 0 spiro atoms. The third-order valence-electron chi connectivity index (χ3n) is 3.92. The average Bonchev–Trinajstić information content (AvgIpc) is 2.54. The van der Waals surface area contributed by atoms with Gasteiger partial charge in [0.15, 0.2) is 11.5 Å². The van der Waals surface area contributed by atoms with Crippen LogP contribution in [0.3, 0.4) is 0 Å². The van der Waals surface area contributed by atoms with Crippen molar-refractivity contribution in [3.63, 3.8) is 0 Å². The van der Waals surface area contributed by atoms with E-state index in [9.17, 15) is 23.4 Å². The lowest BCUT2D eigenvalue weighted by atomic mass is 10.1. The Kier molecular flexibility index (Phi) is 8.71. The van der Waals surface area contributed by atoms with Crippen molar-refractivity contribution < 1.29 is 28.0 Å². The second-order valence-corrected chi connectivity index (χ2v) is 7.47. The molecule has 0 aromatic heterocycles. The van der Waals surface area contributed by atoms with Crippen LogP contribution in [-0.4, -0.2) is 35.6 Å². The number of hydrogen-bond donors (Lipinski definition) is 4. The van der Waals surface area contributed by atoms with Crippen LogP contribution in [0.15, 0.2) is 17.0 Å². The summed E-state index contributed by atoms with van der Waals surface area (Å²) < 4.78 is 31.3. The van der Waals surface area contributed by atoms with Gasteiger partial charge in [-0.2, -0.15) is 8.42 Å². The molecule has 0 saturated heterocycles. The van der Waals surface area contributed by atoms with Crippen LogP contribution in [0.5, 0.6) is 11.5 Å². The molecule has 4 N–H and O–H groups in total. The smallest absolute Gasteiger partial charge is 0.294 e. The third-order valence-corrected chi connectivity index (χ3v) is 4.75. The molecular weight excluding hydrogens is 346 g/mol. The highest BCUT2D eigenvalue weighted by Crippen LogP contribution is 2.32. The van der Waals surface area contributed by atoms with Crippen LogP contribution < -0.4 is 5.32 Å². The lowest BCUT2D eigenvalue weighted by Gasteiger charge is -2.09. The van der Waals surface area contributed by atoms with Gasteiger partial charge < -0.3 is 15.5 Å². The Labute approximate surface area is 148 Å². The first kappa shape index (κ1) is 21.2. The van der Waals surface area contributed by atoms with Gasteiger partial charge in [0, 0.05) is 12.6 Å². The van der Waals surface area contributed by atoms with Crippen molar-refractivity contribution in [2.45, 2.75) is 63.2 Å². The van der Waals surface area contributed by atoms with Crippen LogP contribution >= 0.6 is 0 Å². The van der Waals surface area contributed by atoms with E-state index in [4.69, 9.17) is 4.55 Å². The number of nitrogens with one attached hydrogen (secondary N) is 1. The number of amides is 1. The molecule has 1 amide bonds. The van der Waals surface area contributed by atoms with Gasteiger partial charge in [0.1, 0.15) is 0 Å². The summed E-state index contributed by atoms with van der Waals surface area (Å²) in [6.07, 6.45) is 8.93. The minimum atomic E-state index is -4.59. The highest BCUT2D eigenvalue weighted by Gasteiger charge is 2.20. The van der Waals surface area contributed by atoms with E-state index in [0.29, 0.717) is 12.6 Å². The largest absolute Gasteiger partial charge is 0.504 e. The Morgan fingerprint density at radius 3 is 2.12 bits per heavy atom. The zero-order valence-corrected chi connectivity index (χ0v) is 15.3. The molecule has 0 bridgehead atoms. The number of aromatic hydroxyl groups is 2. The van der Waals surface area contributed by atoms with Crippen LogP contribution in [-0.2, 0) is 10.1 Å². The highest BCUT2D eigenvalue weighted by molar-refractivity contribution is 7.85. The zero-order valence-electron chi connectivity index (χ0n) is 14.5. The third kappa shape index (κ3) is 7.31. The maximum absolute atomic E-state index is 12.0. The Bertz CT molecular complexity index is 672. The molecule has 0 saturated carbocycles. The molecule has 0 radical (unpaired) electrons. The number of carbonyl (C=O) groups excluding carboxylic acids is 1. The minimum Gasteiger partial charge on any atom is -0.504 e. The zero-order chi connectivity index (χ0) is 18.9. The molecule has 0 unspecified atom stereocenters. The maximum Gasteiger partial charge on any atom is 0.294 e. The van der Waals surface area contributed by atoms with Crippen LogP contribution in [0.4, 0.5) is 0 Å². The predicted molar refractivity (Wildman–Crippen MR) is 94.5 cm³/mol. The van der Waals surface area contributed by atoms with Gasteiger partial charge in [-0.25, -0.2) is 0 Å². The molecule has 7 nitrogen and oxygen atoms in total. The molecule has 0 aliphatic heterocycles. The lowest BCUT2D eigenvalue weighted by Crippen LogP contribution is -2.24. The van der Waals surface area contributed by atoms with Crippen molar-refractivity contribution >= 4 is 16.0 Å². The summed E-state index contributed by atoms with van der Waals surface area (Å²) in [6.45, 7) is 2.55. The molecule has 1 aromatic carbocycles. The standard InChI is InChI=1S/C17H27NO6S/c1-2-3-4-5-6-7-8-9-10-18-17(21)14-11-13(25(22,23)24)12-15(19)16(14)20/h11-12,19-20H,2-10H2,1H3,(H,18,21)(H,22,23,24). The topological polar surface area (TPSA) is 124 Å². The number of hydrogen-bond acceptors (Lipinski definition) is 5. The summed E-state index contributed by atoms with van der Waals surface area (Å²) in [4.78, 5) is 11.4. The fraction of sp³-hybridized carbons (Fsp3) is 0.588. The van der Waals surface area contributed by atoms with Crippen molar-refractivity contribution in [3.8, 4) is 11.5 Å². The Morgan fingerprint density at radius 1 is 1.00 bits per heavy atom. The van der Waals surface area contributed by atoms with Gasteiger partial charge in [0.05, 0.1) is 10.5 Å². The van der Waals surface area contributed by atoms with E-state index in [1.165, 1.54) is 32.1 Å². The molecular formula is C17H27NO6S. The molecule has 0 aliphatic rings. The van der Waals surface area contributed by atoms with Gasteiger partial charge in [0.25, 0.3) is 16.0 Å². The molecule has 0 atom stereocenters. The Balaban J connectivity index is 2.46. The number of carbonyl (C=O) groups is 1.